The third-order valence-electron chi connectivity index (χ3n) is 3.91. The van der Waals surface area contributed by atoms with Gasteiger partial charge < -0.3 is 4.55 Å². The van der Waals surface area contributed by atoms with Crippen molar-refractivity contribution in [2.45, 2.75) is 11.9 Å². The molecule has 0 N–H and O–H groups in total. The van der Waals surface area contributed by atoms with E-state index in [1.165, 1.54) is 30.5 Å². The Morgan fingerprint density at radius 3 is 2.44 bits per heavy atom. The molecule has 0 aliphatic carbocycles. The van der Waals surface area contributed by atoms with Crippen LogP contribution in [-0.2, 0) is 23.0 Å². The summed E-state index contributed by atoms with van der Waals surface area (Å²) in [6.07, 6.45) is -3.04. The molecule has 1 heterocycles. The summed E-state index contributed by atoms with van der Waals surface area (Å²) < 4.78 is 74.7. The van der Waals surface area contributed by atoms with E-state index in [0.29, 0.717) is 16.8 Å². The fourth-order valence-electron chi connectivity index (χ4n) is 2.67. The second kappa shape index (κ2) is 7.58. The number of hydrogen-bond donors (Lipinski definition) is 0. The van der Waals surface area contributed by atoms with Gasteiger partial charge in [0.25, 0.3) is 0 Å². The van der Waals surface area contributed by atoms with Gasteiger partial charge in [-0.3, -0.25) is 9.19 Å². The van der Waals surface area contributed by atoms with Gasteiger partial charge in [-0.15, -0.1) is 0 Å². The summed E-state index contributed by atoms with van der Waals surface area (Å²) in [5.74, 6) is -1.19. The number of pyridine rings is 1. The van der Waals surface area contributed by atoms with Crippen LogP contribution in [0.2, 0.25) is 0 Å². The van der Waals surface area contributed by atoms with Crippen LogP contribution in [0.25, 0.3) is 22.4 Å². The maximum atomic E-state index is 14.2. The van der Waals surface area contributed by atoms with E-state index in [4.69, 9.17) is 0 Å². The van der Waals surface area contributed by atoms with Gasteiger partial charge in [-0.1, -0.05) is 41.4 Å². The van der Waals surface area contributed by atoms with Gasteiger partial charge in [0.2, 0.25) is 0 Å². The third-order valence-corrected chi connectivity index (χ3v) is 4.46. The number of alkyl halides is 3. The topological polar surface area (TPSA) is 53.0 Å². The summed E-state index contributed by atoms with van der Waals surface area (Å²) in [6.45, 7) is 0. The number of hydrogen-bond acceptors (Lipinski definition) is 3. The van der Waals surface area contributed by atoms with E-state index in [-0.39, 0.29) is 11.1 Å². The molecular formula is C19H12F4NO2S-. The summed E-state index contributed by atoms with van der Waals surface area (Å²) in [5, 5.41) is 0. The fraction of sp³-hybridized carbons (Fsp3) is 0.105. The van der Waals surface area contributed by atoms with E-state index in [1.54, 1.807) is 12.1 Å². The molecule has 0 aliphatic rings. The van der Waals surface area contributed by atoms with Gasteiger partial charge in [-0.2, -0.15) is 13.2 Å². The van der Waals surface area contributed by atoms with Gasteiger partial charge in [-0.05, 0) is 35.4 Å². The number of nitrogens with zero attached hydrogens (tertiary/aromatic N) is 1. The molecule has 3 nitrogen and oxygen atoms in total. The van der Waals surface area contributed by atoms with Gasteiger partial charge in [0.05, 0.1) is 11.3 Å². The van der Waals surface area contributed by atoms with Crippen molar-refractivity contribution in [3.63, 3.8) is 0 Å². The minimum absolute atomic E-state index is 0.00336. The highest BCUT2D eigenvalue weighted by molar-refractivity contribution is 7.78. The van der Waals surface area contributed by atoms with Crippen molar-refractivity contribution in [3.8, 4) is 22.4 Å². The highest BCUT2D eigenvalue weighted by Gasteiger charge is 2.30. The molecule has 0 bridgehead atoms. The van der Waals surface area contributed by atoms with Crippen LogP contribution in [0.4, 0.5) is 17.6 Å². The van der Waals surface area contributed by atoms with Crippen LogP contribution < -0.4 is 0 Å². The molecule has 2 aromatic carbocycles. The largest absolute Gasteiger partial charge is 0.772 e. The fourth-order valence-corrected chi connectivity index (χ4v) is 3.16. The van der Waals surface area contributed by atoms with Gasteiger partial charge in [0, 0.05) is 23.1 Å². The lowest BCUT2D eigenvalue weighted by Gasteiger charge is -2.13. The van der Waals surface area contributed by atoms with E-state index in [2.05, 4.69) is 4.98 Å². The molecule has 0 spiro atoms. The molecule has 0 amide bonds. The van der Waals surface area contributed by atoms with E-state index >= 15 is 0 Å². The van der Waals surface area contributed by atoms with Crippen molar-refractivity contribution in [1.82, 2.24) is 4.98 Å². The molecule has 0 saturated heterocycles. The van der Waals surface area contributed by atoms with Crippen molar-refractivity contribution in [2.75, 3.05) is 0 Å². The van der Waals surface area contributed by atoms with Crippen molar-refractivity contribution in [2.24, 2.45) is 0 Å². The van der Waals surface area contributed by atoms with E-state index in [1.807, 2.05) is 0 Å². The quantitative estimate of drug-likeness (QED) is 0.465. The Morgan fingerprint density at radius 2 is 1.78 bits per heavy atom. The van der Waals surface area contributed by atoms with Crippen LogP contribution in [0.15, 0.2) is 60.8 Å². The molecular weight excluding hydrogens is 382 g/mol. The Balaban J connectivity index is 2.08. The molecule has 1 atom stereocenters. The molecule has 0 saturated carbocycles. The predicted octanol–water partition coefficient (Wildman–Crippen LogP) is 4.95. The number of halogens is 4. The zero-order valence-electron chi connectivity index (χ0n) is 13.7. The average Bonchev–Trinajstić information content (AvgIpc) is 2.62. The van der Waals surface area contributed by atoms with Gasteiger partial charge in [0.15, 0.2) is 0 Å². The Labute approximate surface area is 155 Å². The molecule has 140 valence electrons. The molecule has 3 rings (SSSR count). The van der Waals surface area contributed by atoms with Crippen molar-refractivity contribution < 1.29 is 26.3 Å². The number of aromatic nitrogens is 1. The Hall–Kier alpha value is -2.58. The first-order chi connectivity index (χ1) is 12.8. The van der Waals surface area contributed by atoms with Crippen molar-refractivity contribution in [1.29, 1.82) is 0 Å². The van der Waals surface area contributed by atoms with E-state index < -0.39 is 34.4 Å². The van der Waals surface area contributed by atoms with Crippen molar-refractivity contribution >= 4 is 11.1 Å². The minimum Gasteiger partial charge on any atom is -0.772 e. The Morgan fingerprint density at radius 1 is 1.00 bits per heavy atom. The molecule has 0 fully saturated rings. The molecule has 0 aliphatic heterocycles. The van der Waals surface area contributed by atoms with E-state index in [0.717, 1.165) is 18.2 Å². The monoisotopic (exact) mass is 394 g/mol. The molecule has 1 unspecified atom stereocenters. The maximum Gasteiger partial charge on any atom is 0.416 e. The normalized spacial score (nSPS) is 12.8. The minimum atomic E-state index is -4.49. The first kappa shape index (κ1) is 19.2. The average molecular weight is 394 g/mol. The summed E-state index contributed by atoms with van der Waals surface area (Å²) >= 11 is -2.44. The van der Waals surface area contributed by atoms with Crippen LogP contribution in [0.3, 0.4) is 0 Å². The first-order valence-corrected chi connectivity index (χ1v) is 8.97. The van der Waals surface area contributed by atoms with Gasteiger partial charge >= 0.3 is 6.18 Å². The molecule has 1 aromatic heterocycles. The second-order valence-corrected chi connectivity index (χ2v) is 6.63. The molecule has 3 aromatic rings. The van der Waals surface area contributed by atoms with Crippen LogP contribution in [0, 0.1) is 5.82 Å². The maximum absolute atomic E-state index is 14.2. The predicted molar refractivity (Wildman–Crippen MR) is 92.7 cm³/mol. The van der Waals surface area contributed by atoms with Crippen LogP contribution in [-0.4, -0.2) is 13.7 Å². The highest BCUT2D eigenvalue weighted by Crippen LogP contribution is 2.35. The lowest BCUT2D eigenvalue weighted by molar-refractivity contribution is -0.137. The zero-order valence-corrected chi connectivity index (χ0v) is 14.5. The van der Waals surface area contributed by atoms with Gasteiger partial charge in [-0.25, -0.2) is 4.39 Å². The summed E-state index contributed by atoms with van der Waals surface area (Å²) in [7, 11) is 0. The standard InChI is InChI=1S/C19H13F4NO2S/c20-17-10-13(6-7-14(17)11-27(25)26)18-16(5-2-8-24-18)12-3-1-4-15(9-12)19(21,22)23/h1-10H,11H2,(H,25,26)/p-1. The van der Waals surface area contributed by atoms with Gasteiger partial charge in [0.1, 0.15) is 5.82 Å². The number of rotatable bonds is 4. The lowest BCUT2D eigenvalue weighted by atomic mass is 9.97. The number of benzene rings is 2. The van der Waals surface area contributed by atoms with Crippen LogP contribution >= 0.6 is 0 Å². The Kier molecular flexibility index (Phi) is 5.38. The first-order valence-electron chi connectivity index (χ1n) is 7.73. The summed E-state index contributed by atoms with van der Waals surface area (Å²) in [4.78, 5) is 4.18. The molecule has 27 heavy (non-hydrogen) atoms. The van der Waals surface area contributed by atoms with Crippen molar-refractivity contribution in [3.05, 3.63) is 77.7 Å². The van der Waals surface area contributed by atoms with Crippen LogP contribution in [0.5, 0.6) is 0 Å². The second-order valence-electron chi connectivity index (χ2n) is 5.73. The lowest BCUT2D eigenvalue weighted by Crippen LogP contribution is -2.04. The highest BCUT2D eigenvalue weighted by atomic mass is 32.2. The summed E-state index contributed by atoms with van der Waals surface area (Å²) in [5.41, 5.74) is 0.533. The van der Waals surface area contributed by atoms with Crippen LogP contribution in [0.1, 0.15) is 11.1 Å². The SMILES string of the molecule is O=S([O-])Cc1ccc(-c2ncccc2-c2cccc(C(F)(F)F)c2)cc1F. The van der Waals surface area contributed by atoms with E-state index in [9.17, 15) is 26.3 Å². The molecule has 0 radical (unpaired) electrons. The Bertz CT molecular complexity index is 1000. The molecule has 8 heteroatoms. The third kappa shape index (κ3) is 4.40. The summed E-state index contributed by atoms with van der Waals surface area (Å²) in [6, 6.07) is 11.9. The zero-order chi connectivity index (χ0) is 19.6. The smallest absolute Gasteiger partial charge is 0.416 e.